The highest BCUT2D eigenvalue weighted by Gasteiger charge is 2.30. The molecule has 84 valence electrons. The largest absolute Gasteiger partial charge is 0.371 e. The molecular formula is C11H17NO2S. The van der Waals surface area contributed by atoms with Crippen molar-refractivity contribution in [3.8, 4) is 0 Å². The van der Waals surface area contributed by atoms with Crippen molar-refractivity contribution in [1.82, 2.24) is 4.98 Å². The minimum atomic E-state index is -0.669. The zero-order valence-corrected chi connectivity index (χ0v) is 10.5. The predicted molar refractivity (Wildman–Crippen MR) is 61.3 cm³/mol. The van der Waals surface area contributed by atoms with Gasteiger partial charge in [0, 0.05) is 12.5 Å². The van der Waals surface area contributed by atoms with Gasteiger partial charge >= 0.3 is 0 Å². The summed E-state index contributed by atoms with van der Waals surface area (Å²) in [5.74, 6) is 0.0952. The van der Waals surface area contributed by atoms with Crippen LogP contribution in [0.3, 0.4) is 0 Å². The third kappa shape index (κ3) is 2.86. The summed E-state index contributed by atoms with van der Waals surface area (Å²) in [5, 5.41) is 2.92. The van der Waals surface area contributed by atoms with Crippen molar-refractivity contribution in [2.24, 2.45) is 0 Å². The summed E-state index contributed by atoms with van der Waals surface area (Å²) in [5.41, 5.74) is 0.177. The van der Waals surface area contributed by atoms with Crippen LogP contribution in [-0.4, -0.2) is 23.5 Å². The zero-order valence-electron chi connectivity index (χ0n) is 9.66. The van der Waals surface area contributed by atoms with Crippen LogP contribution in [0.4, 0.5) is 0 Å². The number of aromatic nitrogens is 1. The summed E-state index contributed by atoms with van der Waals surface area (Å²) in [6, 6.07) is 0. The fraction of sp³-hybridized carbons (Fsp3) is 0.636. The number of carbonyl (C=O) groups excluding carboxylic acids is 1. The molecule has 1 rings (SSSR count). The van der Waals surface area contributed by atoms with E-state index in [-0.39, 0.29) is 5.78 Å². The summed E-state index contributed by atoms with van der Waals surface area (Å²) < 4.78 is 5.25. The maximum absolute atomic E-state index is 11.9. The second kappa shape index (κ2) is 4.86. The minimum absolute atomic E-state index is 0.0952. The fourth-order valence-corrected chi connectivity index (χ4v) is 1.91. The zero-order chi connectivity index (χ0) is 11.5. The highest BCUT2D eigenvalue weighted by Crippen LogP contribution is 2.18. The molecule has 1 aromatic rings. The number of thiazole rings is 1. The normalized spacial score (nSPS) is 14.9. The van der Waals surface area contributed by atoms with E-state index in [4.69, 9.17) is 4.74 Å². The molecule has 0 aromatic carbocycles. The molecule has 0 N–H and O–H groups in total. The lowest BCUT2D eigenvalue weighted by molar-refractivity contribution is -0.138. The molecule has 0 bridgehead atoms. The molecule has 15 heavy (non-hydrogen) atoms. The Labute approximate surface area is 94.5 Å². The number of hydrogen-bond acceptors (Lipinski definition) is 4. The van der Waals surface area contributed by atoms with E-state index in [0.717, 1.165) is 10.7 Å². The number of methoxy groups -OCH3 is 1. The lowest BCUT2D eigenvalue weighted by Crippen LogP contribution is -2.37. The van der Waals surface area contributed by atoms with Crippen molar-refractivity contribution in [3.05, 3.63) is 16.1 Å². The molecule has 1 unspecified atom stereocenters. The second-order valence-corrected chi connectivity index (χ2v) is 4.81. The summed E-state index contributed by atoms with van der Waals surface area (Å²) in [6.07, 6.45) is 1.05. The highest BCUT2D eigenvalue weighted by molar-refractivity contribution is 7.09. The SMILES string of the molecule is CCC(C)(OC)C(=O)Cc1csc(C)n1. The van der Waals surface area contributed by atoms with Gasteiger partial charge in [-0.25, -0.2) is 4.98 Å². The standard InChI is InChI=1S/C11H17NO2S/c1-5-11(3,14-4)10(13)6-9-7-15-8(2)12-9/h7H,5-6H2,1-4H3. The van der Waals surface area contributed by atoms with Crippen molar-refractivity contribution in [3.63, 3.8) is 0 Å². The molecule has 0 aliphatic rings. The molecule has 4 heteroatoms. The van der Waals surface area contributed by atoms with Gasteiger partial charge in [-0.1, -0.05) is 6.92 Å². The minimum Gasteiger partial charge on any atom is -0.371 e. The smallest absolute Gasteiger partial charge is 0.170 e. The molecule has 0 aliphatic carbocycles. The number of Topliss-reactive ketones (excluding diaryl/α,β-unsaturated/α-hetero) is 1. The molecule has 0 spiro atoms. The molecule has 1 heterocycles. The van der Waals surface area contributed by atoms with Crippen LogP contribution in [0.2, 0.25) is 0 Å². The van der Waals surface area contributed by atoms with E-state index < -0.39 is 5.60 Å². The molecule has 0 radical (unpaired) electrons. The maximum atomic E-state index is 11.9. The molecule has 1 aromatic heterocycles. The number of hydrogen-bond donors (Lipinski definition) is 0. The molecule has 0 saturated carbocycles. The Balaban J connectivity index is 2.70. The van der Waals surface area contributed by atoms with Crippen LogP contribution in [-0.2, 0) is 16.0 Å². The Bertz CT molecular complexity index is 342. The first-order valence-corrected chi connectivity index (χ1v) is 5.89. The van der Waals surface area contributed by atoms with Crippen LogP contribution in [0.5, 0.6) is 0 Å². The van der Waals surface area contributed by atoms with Gasteiger partial charge in [-0.15, -0.1) is 11.3 Å². The first kappa shape index (κ1) is 12.3. The summed E-state index contributed by atoms with van der Waals surface area (Å²) in [6.45, 7) is 5.72. The maximum Gasteiger partial charge on any atom is 0.170 e. The quantitative estimate of drug-likeness (QED) is 0.775. The number of nitrogens with zero attached hydrogens (tertiary/aromatic N) is 1. The van der Waals surface area contributed by atoms with E-state index in [9.17, 15) is 4.79 Å². The van der Waals surface area contributed by atoms with E-state index in [2.05, 4.69) is 4.98 Å². The monoisotopic (exact) mass is 227 g/mol. The van der Waals surface area contributed by atoms with Crippen molar-refractivity contribution >= 4 is 17.1 Å². The molecule has 1 atom stereocenters. The Morgan fingerprint density at radius 2 is 2.33 bits per heavy atom. The van der Waals surface area contributed by atoms with Gasteiger partial charge in [0.1, 0.15) is 5.60 Å². The number of ether oxygens (including phenoxy) is 1. The predicted octanol–water partition coefficient (Wildman–Crippen LogP) is 2.38. The van der Waals surface area contributed by atoms with Crippen molar-refractivity contribution in [1.29, 1.82) is 0 Å². The van der Waals surface area contributed by atoms with Gasteiger partial charge in [0.2, 0.25) is 0 Å². The lowest BCUT2D eigenvalue weighted by atomic mass is 9.94. The molecule has 0 aliphatic heterocycles. The van der Waals surface area contributed by atoms with Crippen molar-refractivity contribution in [2.75, 3.05) is 7.11 Å². The van der Waals surface area contributed by atoms with Crippen LogP contribution in [0.25, 0.3) is 0 Å². The Hall–Kier alpha value is -0.740. The Morgan fingerprint density at radius 1 is 1.67 bits per heavy atom. The first-order valence-electron chi connectivity index (χ1n) is 5.01. The number of carbonyl (C=O) groups is 1. The van der Waals surface area contributed by atoms with Crippen molar-refractivity contribution < 1.29 is 9.53 Å². The molecule has 3 nitrogen and oxygen atoms in total. The van der Waals surface area contributed by atoms with Crippen LogP contribution >= 0.6 is 11.3 Å². The number of rotatable bonds is 5. The van der Waals surface area contributed by atoms with Crippen molar-refractivity contribution in [2.45, 2.75) is 39.2 Å². The first-order chi connectivity index (χ1) is 7.01. The van der Waals surface area contributed by atoms with Crippen LogP contribution in [0.1, 0.15) is 31.0 Å². The molecule has 0 fully saturated rings. The Morgan fingerprint density at radius 3 is 2.73 bits per heavy atom. The van der Waals surface area contributed by atoms with Gasteiger partial charge < -0.3 is 4.74 Å². The average molecular weight is 227 g/mol. The summed E-state index contributed by atoms with van der Waals surface area (Å²) >= 11 is 1.57. The Kier molecular flexibility index (Phi) is 3.99. The lowest BCUT2D eigenvalue weighted by Gasteiger charge is -2.24. The third-order valence-electron chi connectivity index (χ3n) is 2.72. The van der Waals surface area contributed by atoms with E-state index >= 15 is 0 Å². The van der Waals surface area contributed by atoms with E-state index in [0.29, 0.717) is 12.8 Å². The number of aryl methyl sites for hydroxylation is 1. The van der Waals surface area contributed by atoms with Gasteiger partial charge in [0.05, 0.1) is 17.1 Å². The number of ketones is 1. The fourth-order valence-electron chi connectivity index (χ4n) is 1.30. The van der Waals surface area contributed by atoms with Crippen LogP contribution in [0, 0.1) is 6.92 Å². The average Bonchev–Trinajstić information content (AvgIpc) is 2.62. The van der Waals surface area contributed by atoms with E-state index in [1.54, 1.807) is 18.4 Å². The van der Waals surface area contributed by atoms with Gasteiger partial charge in [-0.2, -0.15) is 0 Å². The van der Waals surface area contributed by atoms with Gasteiger partial charge in [-0.3, -0.25) is 4.79 Å². The third-order valence-corrected chi connectivity index (χ3v) is 3.55. The topological polar surface area (TPSA) is 39.2 Å². The highest BCUT2D eigenvalue weighted by atomic mass is 32.1. The van der Waals surface area contributed by atoms with E-state index in [1.165, 1.54) is 0 Å². The second-order valence-electron chi connectivity index (χ2n) is 3.75. The molecular weight excluding hydrogens is 210 g/mol. The van der Waals surface area contributed by atoms with E-state index in [1.807, 2.05) is 26.2 Å². The molecule has 0 amide bonds. The van der Waals surface area contributed by atoms with Crippen LogP contribution in [0.15, 0.2) is 5.38 Å². The van der Waals surface area contributed by atoms with Crippen LogP contribution < -0.4 is 0 Å². The van der Waals surface area contributed by atoms with Gasteiger partial charge in [0.15, 0.2) is 5.78 Å². The van der Waals surface area contributed by atoms with Gasteiger partial charge in [0.25, 0.3) is 0 Å². The summed E-state index contributed by atoms with van der Waals surface area (Å²) in [7, 11) is 1.58. The molecule has 0 saturated heterocycles. The van der Waals surface area contributed by atoms with Gasteiger partial charge in [-0.05, 0) is 20.3 Å². The summed E-state index contributed by atoms with van der Waals surface area (Å²) in [4.78, 5) is 16.2.